The first-order valence-corrected chi connectivity index (χ1v) is 7.67. The van der Waals surface area contributed by atoms with Crippen molar-refractivity contribution in [3.63, 3.8) is 0 Å². The average Bonchev–Trinajstić information content (AvgIpc) is 2.90. The molecule has 2 aromatic heterocycles. The molecular weight excluding hydrogens is 300 g/mol. The first-order chi connectivity index (χ1) is 10.5. The molecule has 2 heterocycles. The third-order valence-corrected chi connectivity index (χ3v) is 4.39. The summed E-state index contributed by atoms with van der Waals surface area (Å²) in [4.78, 5) is 24.3. The van der Waals surface area contributed by atoms with Crippen molar-refractivity contribution < 1.29 is 13.9 Å². The highest BCUT2D eigenvalue weighted by molar-refractivity contribution is 7.12. The fraction of sp³-hybridized carbons (Fsp3) is 0.176. The van der Waals surface area contributed by atoms with Gasteiger partial charge in [-0.1, -0.05) is 12.1 Å². The monoisotopic (exact) mass is 314 g/mol. The molecule has 0 fully saturated rings. The Balaban J connectivity index is 1.89. The van der Waals surface area contributed by atoms with Crippen LogP contribution in [0.4, 0.5) is 0 Å². The number of carbonyl (C=O) groups excluding carboxylic acids is 1. The van der Waals surface area contributed by atoms with Crippen LogP contribution >= 0.6 is 11.3 Å². The first-order valence-electron chi connectivity index (χ1n) is 6.79. The largest absolute Gasteiger partial charge is 0.457 e. The SMILES string of the molecule is Cc1ccc2c(COC(=O)c3sccc3C)cc(=O)oc2c1. The number of fused-ring (bicyclic) bond motifs is 1. The highest BCUT2D eigenvalue weighted by Gasteiger charge is 2.13. The van der Waals surface area contributed by atoms with Gasteiger partial charge in [0.15, 0.2) is 0 Å². The summed E-state index contributed by atoms with van der Waals surface area (Å²) in [6.45, 7) is 3.83. The number of esters is 1. The lowest BCUT2D eigenvalue weighted by atomic mass is 10.1. The van der Waals surface area contributed by atoms with E-state index in [1.807, 2.05) is 37.4 Å². The van der Waals surface area contributed by atoms with Crippen molar-refractivity contribution >= 4 is 28.3 Å². The van der Waals surface area contributed by atoms with E-state index in [-0.39, 0.29) is 12.6 Å². The van der Waals surface area contributed by atoms with Crippen LogP contribution in [0.15, 0.2) is 44.9 Å². The molecule has 0 bridgehead atoms. The van der Waals surface area contributed by atoms with Crippen molar-refractivity contribution in [2.75, 3.05) is 0 Å². The lowest BCUT2D eigenvalue weighted by molar-refractivity contribution is 0.0479. The fourth-order valence-electron chi connectivity index (χ4n) is 2.25. The zero-order chi connectivity index (χ0) is 15.7. The number of hydrogen-bond acceptors (Lipinski definition) is 5. The summed E-state index contributed by atoms with van der Waals surface area (Å²) in [6, 6.07) is 8.83. The van der Waals surface area contributed by atoms with Gasteiger partial charge in [0.25, 0.3) is 0 Å². The fourth-order valence-corrected chi connectivity index (χ4v) is 3.06. The zero-order valence-corrected chi connectivity index (χ0v) is 13.0. The minimum absolute atomic E-state index is 0.0430. The highest BCUT2D eigenvalue weighted by atomic mass is 32.1. The van der Waals surface area contributed by atoms with E-state index in [9.17, 15) is 9.59 Å². The summed E-state index contributed by atoms with van der Waals surface area (Å²) in [6.07, 6.45) is 0. The molecular formula is C17H14O4S. The summed E-state index contributed by atoms with van der Waals surface area (Å²) in [7, 11) is 0. The predicted octanol–water partition coefficient (Wildman–Crippen LogP) is 3.83. The molecule has 0 aliphatic carbocycles. The number of aryl methyl sites for hydroxylation is 2. The maximum absolute atomic E-state index is 12.1. The van der Waals surface area contributed by atoms with Gasteiger partial charge in [-0.3, -0.25) is 0 Å². The number of carbonyl (C=O) groups is 1. The minimum atomic E-state index is -0.448. The van der Waals surface area contributed by atoms with Crippen LogP contribution in [0.1, 0.15) is 26.4 Å². The molecule has 0 unspecified atom stereocenters. The van der Waals surface area contributed by atoms with Crippen molar-refractivity contribution in [1.29, 1.82) is 0 Å². The Morgan fingerprint density at radius 3 is 2.77 bits per heavy atom. The second kappa shape index (κ2) is 5.77. The van der Waals surface area contributed by atoms with Crippen molar-refractivity contribution in [3.8, 4) is 0 Å². The van der Waals surface area contributed by atoms with E-state index in [2.05, 4.69) is 0 Å². The molecule has 0 spiro atoms. The lowest BCUT2D eigenvalue weighted by Gasteiger charge is -2.07. The van der Waals surface area contributed by atoms with E-state index in [4.69, 9.17) is 9.15 Å². The van der Waals surface area contributed by atoms with E-state index < -0.39 is 5.63 Å². The molecule has 3 rings (SSSR count). The second-order valence-corrected chi connectivity index (χ2v) is 6.02. The number of ether oxygens (including phenoxy) is 1. The Hall–Kier alpha value is -2.40. The highest BCUT2D eigenvalue weighted by Crippen LogP contribution is 2.21. The molecule has 112 valence electrons. The van der Waals surface area contributed by atoms with Gasteiger partial charge in [0, 0.05) is 17.0 Å². The Labute approximate surface area is 131 Å². The van der Waals surface area contributed by atoms with Gasteiger partial charge in [-0.2, -0.15) is 0 Å². The van der Waals surface area contributed by atoms with Gasteiger partial charge in [0.05, 0.1) is 0 Å². The minimum Gasteiger partial charge on any atom is -0.457 e. The topological polar surface area (TPSA) is 56.5 Å². The quantitative estimate of drug-likeness (QED) is 0.544. The van der Waals surface area contributed by atoms with Crippen LogP contribution in [0.25, 0.3) is 11.0 Å². The molecule has 0 aliphatic heterocycles. The van der Waals surface area contributed by atoms with Gasteiger partial charge in [-0.15, -0.1) is 11.3 Å². The normalized spacial score (nSPS) is 10.8. The van der Waals surface area contributed by atoms with Crippen LogP contribution < -0.4 is 5.63 Å². The van der Waals surface area contributed by atoms with Gasteiger partial charge in [0.2, 0.25) is 0 Å². The maximum atomic E-state index is 12.1. The number of thiophene rings is 1. The Morgan fingerprint density at radius 2 is 2.05 bits per heavy atom. The summed E-state index contributed by atoms with van der Waals surface area (Å²) in [5.74, 6) is -0.374. The molecule has 1 aromatic carbocycles. The predicted molar refractivity (Wildman–Crippen MR) is 85.4 cm³/mol. The number of rotatable bonds is 3. The smallest absolute Gasteiger partial charge is 0.348 e. The van der Waals surface area contributed by atoms with Crippen LogP contribution in [0.2, 0.25) is 0 Å². The average molecular weight is 314 g/mol. The molecule has 22 heavy (non-hydrogen) atoms. The molecule has 0 radical (unpaired) electrons. The third kappa shape index (κ3) is 2.80. The number of hydrogen-bond donors (Lipinski definition) is 0. The van der Waals surface area contributed by atoms with Crippen LogP contribution in [0.3, 0.4) is 0 Å². The summed E-state index contributed by atoms with van der Waals surface area (Å²) in [5.41, 5.74) is 2.60. The molecule has 4 nitrogen and oxygen atoms in total. The lowest BCUT2D eigenvalue weighted by Crippen LogP contribution is -2.07. The Morgan fingerprint density at radius 1 is 1.23 bits per heavy atom. The summed E-state index contributed by atoms with van der Waals surface area (Å²) >= 11 is 1.35. The Bertz CT molecular complexity index is 904. The molecule has 0 saturated carbocycles. The third-order valence-electron chi connectivity index (χ3n) is 3.39. The molecule has 3 aromatic rings. The second-order valence-electron chi connectivity index (χ2n) is 5.10. The number of benzene rings is 1. The first kappa shape index (κ1) is 14.5. The molecule has 0 atom stereocenters. The van der Waals surface area contributed by atoms with Crippen LogP contribution in [0.5, 0.6) is 0 Å². The van der Waals surface area contributed by atoms with Crippen LogP contribution in [-0.4, -0.2) is 5.97 Å². The van der Waals surface area contributed by atoms with Gasteiger partial charge < -0.3 is 9.15 Å². The van der Waals surface area contributed by atoms with E-state index in [1.54, 1.807) is 6.07 Å². The summed E-state index contributed by atoms with van der Waals surface area (Å²) < 4.78 is 10.5. The molecule has 0 N–H and O–H groups in total. The van der Waals surface area contributed by atoms with Crippen molar-refractivity contribution in [2.24, 2.45) is 0 Å². The molecule has 5 heteroatoms. The van der Waals surface area contributed by atoms with E-state index in [1.165, 1.54) is 17.4 Å². The Kier molecular flexibility index (Phi) is 3.81. The van der Waals surface area contributed by atoms with E-state index >= 15 is 0 Å². The van der Waals surface area contributed by atoms with Crippen molar-refractivity contribution in [3.05, 3.63) is 67.7 Å². The maximum Gasteiger partial charge on any atom is 0.348 e. The van der Waals surface area contributed by atoms with Gasteiger partial charge in [0.1, 0.15) is 17.1 Å². The summed E-state index contributed by atoms with van der Waals surface area (Å²) in [5, 5.41) is 2.63. The molecule has 0 aliphatic rings. The van der Waals surface area contributed by atoms with Crippen LogP contribution in [0, 0.1) is 13.8 Å². The van der Waals surface area contributed by atoms with Gasteiger partial charge in [-0.05, 0) is 42.5 Å². The molecule has 0 amide bonds. The standard InChI is InChI=1S/C17H14O4S/c1-10-3-4-13-12(8-15(18)21-14(13)7-10)9-20-17(19)16-11(2)5-6-22-16/h3-8H,9H2,1-2H3. The van der Waals surface area contributed by atoms with E-state index in [0.717, 1.165) is 16.5 Å². The molecule has 0 saturated heterocycles. The van der Waals surface area contributed by atoms with Crippen LogP contribution in [-0.2, 0) is 11.3 Å². The van der Waals surface area contributed by atoms with Gasteiger partial charge >= 0.3 is 11.6 Å². The zero-order valence-electron chi connectivity index (χ0n) is 12.2. The van der Waals surface area contributed by atoms with Crippen molar-refractivity contribution in [2.45, 2.75) is 20.5 Å². The van der Waals surface area contributed by atoms with E-state index in [0.29, 0.717) is 16.0 Å². The van der Waals surface area contributed by atoms with Crippen molar-refractivity contribution in [1.82, 2.24) is 0 Å². The van der Waals surface area contributed by atoms with Gasteiger partial charge in [-0.25, -0.2) is 9.59 Å².